The van der Waals surface area contributed by atoms with E-state index in [9.17, 15) is 4.39 Å². The zero-order valence-electron chi connectivity index (χ0n) is 12.2. The summed E-state index contributed by atoms with van der Waals surface area (Å²) in [6.45, 7) is 6.09. The highest BCUT2D eigenvalue weighted by Crippen LogP contribution is 2.32. The van der Waals surface area contributed by atoms with Crippen molar-refractivity contribution in [2.45, 2.75) is 51.9 Å². The molecule has 1 nitrogen and oxygen atoms in total. The summed E-state index contributed by atoms with van der Waals surface area (Å²) in [6, 6.07) is 5.37. The molecule has 0 heterocycles. The number of nitriles is 1. The van der Waals surface area contributed by atoms with Gasteiger partial charge in [0.15, 0.2) is 0 Å². The number of halogens is 1. The van der Waals surface area contributed by atoms with Crippen LogP contribution in [0.4, 0.5) is 4.39 Å². The Kier molecular flexibility index (Phi) is 4.95. The van der Waals surface area contributed by atoms with Crippen LogP contribution in [0.5, 0.6) is 0 Å². The minimum atomic E-state index is -0.411. The number of nitrogens with zero attached hydrogens (tertiary/aromatic N) is 1. The molecule has 106 valence electrons. The van der Waals surface area contributed by atoms with E-state index in [1.807, 2.05) is 19.1 Å². The molecule has 2 heteroatoms. The van der Waals surface area contributed by atoms with Gasteiger partial charge < -0.3 is 0 Å². The maximum atomic E-state index is 14.0. The topological polar surface area (TPSA) is 23.8 Å². The van der Waals surface area contributed by atoms with Crippen molar-refractivity contribution in [2.75, 3.05) is 0 Å². The summed E-state index contributed by atoms with van der Waals surface area (Å²) in [6.07, 6.45) is 8.10. The van der Waals surface area contributed by atoms with Crippen LogP contribution >= 0.6 is 0 Å². The maximum Gasteiger partial charge on any atom is 0.141 e. The molecule has 1 aliphatic rings. The fourth-order valence-corrected chi connectivity index (χ4v) is 3.13. The first-order valence-corrected chi connectivity index (χ1v) is 7.56. The standard InChI is InChI=1S/C18H22FN/c1-3-15-10-16(11-18(19)17(15)12-20)13(2)9-14-7-5-4-6-8-14/h10-11,14H,2-9H2,1H3. The lowest BCUT2D eigenvalue weighted by Gasteiger charge is -2.22. The summed E-state index contributed by atoms with van der Waals surface area (Å²) >= 11 is 0. The number of benzene rings is 1. The molecule has 20 heavy (non-hydrogen) atoms. The number of allylic oxidation sites excluding steroid dienone is 1. The smallest absolute Gasteiger partial charge is 0.141 e. The van der Waals surface area contributed by atoms with Crippen LogP contribution in [0.3, 0.4) is 0 Å². The summed E-state index contributed by atoms with van der Waals surface area (Å²) in [4.78, 5) is 0. The monoisotopic (exact) mass is 271 g/mol. The highest BCUT2D eigenvalue weighted by atomic mass is 19.1. The Morgan fingerprint density at radius 1 is 1.35 bits per heavy atom. The minimum Gasteiger partial charge on any atom is -0.206 e. The quantitative estimate of drug-likeness (QED) is 0.734. The van der Waals surface area contributed by atoms with Crippen molar-refractivity contribution in [3.63, 3.8) is 0 Å². The SMILES string of the molecule is C=C(CC1CCCCC1)c1cc(F)c(C#N)c(CC)c1. The first-order valence-electron chi connectivity index (χ1n) is 7.56. The van der Waals surface area contributed by atoms with Crippen LogP contribution in [0.2, 0.25) is 0 Å². The van der Waals surface area contributed by atoms with Gasteiger partial charge in [0.25, 0.3) is 0 Å². The van der Waals surface area contributed by atoms with Gasteiger partial charge in [-0.2, -0.15) is 5.26 Å². The minimum absolute atomic E-state index is 0.182. The van der Waals surface area contributed by atoms with Crippen molar-refractivity contribution in [1.82, 2.24) is 0 Å². The molecule has 0 aliphatic heterocycles. The van der Waals surface area contributed by atoms with E-state index >= 15 is 0 Å². The summed E-state index contributed by atoms with van der Waals surface area (Å²) in [5.74, 6) is 0.284. The van der Waals surface area contributed by atoms with Crippen molar-refractivity contribution >= 4 is 5.57 Å². The van der Waals surface area contributed by atoms with Crippen molar-refractivity contribution in [1.29, 1.82) is 5.26 Å². The molecule has 0 saturated heterocycles. The normalized spacial score (nSPS) is 15.8. The lowest BCUT2D eigenvalue weighted by Crippen LogP contribution is -2.07. The van der Waals surface area contributed by atoms with Crippen molar-refractivity contribution < 1.29 is 4.39 Å². The van der Waals surface area contributed by atoms with Gasteiger partial charge in [-0.1, -0.05) is 45.6 Å². The van der Waals surface area contributed by atoms with Gasteiger partial charge in [0, 0.05) is 0 Å². The predicted molar refractivity (Wildman–Crippen MR) is 80.7 cm³/mol. The van der Waals surface area contributed by atoms with Gasteiger partial charge >= 0.3 is 0 Å². The Hall–Kier alpha value is -1.62. The molecule has 0 aromatic heterocycles. The predicted octanol–water partition coefficient (Wildman–Crippen LogP) is 5.24. The van der Waals surface area contributed by atoms with Gasteiger partial charge in [-0.3, -0.25) is 0 Å². The molecule has 0 bridgehead atoms. The van der Waals surface area contributed by atoms with E-state index in [0.717, 1.165) is 23.1 Å². The van der Waals surface area contributed by atoms with Gasteiger partial charge in [0.1, 0.15) is 11.9 Å². The Bertz CT molecular complexity index is 533. The van der Waals surface area contributed by atoms with Crippen molar-refractivity contribution in [3.05, 3.63) is 41.2 Å². The first-order chi connectivity index (χ1) is 9.65. The molecular weight excluding hydrogens is 249 g/mol. The molecule has 1 aliphatic carbocycles. The van der Waals surface area contributed by atoms with Crippen LogP contribution in [0.25, 0.3) is 5.57 Å². The Morgan fingerprint density at radius 3 is 2.65 bits per heavy atom. The van der Waals surface area contributed by atoms with Crippen LogP contribution < -0.4 is 0 Å². The van der Waals surface area contributed by atoms with E-state index in [-0.39, 0.29) is 5.56 Å². The van der Waals surface area contributed by atoms with Gasteiger partial charge in [-0.05, 0) is 47.6 Å². The fraction of sp³-hybridized carbons (Fsp3) is 0.500. The third-order valence-electron chi connectivity index (χ3n) is 4.33. The lowest BCUT2D eigenvalue weighted by atomic mass is 9.83. The molecule has 1 fully saturated rings. The Balaban J connectivity index is 2.17. The molecular formula is C18H22FN. The molecule has 2 rings (SSSR count). The highest BCUT2D eigenvalue weighted by molar-refractivity contribution is 5.65. The van der Waals surface area contributed by atoms with Crippen LogP contribution in [0, 0.1) is 23.1 Å². The van der Waals surface area contributed by atoms with Crippen molar-refractivity contribution in [3.8, 4) is 6.07 Å². The zero-order chi connectivity index (χ0) is 14.5. The van der Waals surface area contributed by atoms with Crippen LogP contribution in [-0.4, -0.2) is 0 Å². The number of hydrogen-bond acceptors (Lipinski definition) is 1. The average Bonchev–Trinajstić information content (AvgIpc) is 2.47. The molecule has 0 atom stereocenters. The number of aryl methyl sites for hydroxylation is 1. The zero-order valence-corrected chi connectivity index (χ0v) is 12.2. The van der Waals surface area contributed by atoms with Crippen molar-refractivity contribution in [2.24, 2.45) is 5.92 Å². The molecule has 1 aromatic rings. The van der Waals surface area contributed by atoms with Gasteiger partial charge in [-0.15, -0.1) is 0 Å². The van der Waals surface area contributed by atoms with Gasteiger partial charge in [0.05, 0.1) is 5.56 Å². The van der Waals surface area contributed by atoms with E-state index in [4.69, 9.17) is 5.26 Å². The molecule has 0 unspecified atom stereocenters. The molecule has 1 aromatic carbocycles. The second kappa shape index (κ2) is 6.70. The Morgan fingerprint density at radius 2 is 2.05 bits per heavy atom. The third kappa shape index (κ3) is 3.28. The second-order valence-electron chi connectivity index (χ2n) is 5.77. The van der Waals surface area contributed by atoms with E-state index in [1.165, 1.54) is 38.2 Å². The first kappa shape index (κ1) is 14.8. The number of hydrogen-bond donors (Lipinski definition) is 0. The molecule has 0 spiro atoms. The van der Waals surface area contributed by atoms with E-state index < -0.39 is 5.82 Å². The fourth-order valence-electron chi connectivity index (χ4n) is 3.13. The summed E-state index contributed by atoms with van der Waals surface area (Å²) in [7, 11) is 0. The number of rotatable bonds is 4. The molecule has 0 amide bonds. The molecule has 1 saturated carbocycles. The van der Waals surface area contributed by atoms with Gasteiger partial charge in [0.2, 0.25) is 0 Å². The highest BCUT2D eigenvalue weighted by Gasteiger charge is 2.17. The van der Waals surface area contributed by atoms with E-state index in [0.29, 0.717) is 12.3 Å². The van der Waals surface area contributed by atoms with E-state index in [1.54, 1.807) is 0 Å². The summed E-state index contributed by atoms with van der Waals surface area (Å²) in [5.41, 5.74) is 2.84. The van der Waals surface area contributed by atoms with E-state index in [2.05, 4.69) is 6.58 Å². The molecule has 0 N–H and O–H groups in total. The summed E-state index contributed by atoms with van der Waals surface area (Å²) < 4.78 is 14.0. The van der Waals surface area contributed by atoms with Crippen LogP contribution in [0.15, 0.2) is 18.7 Å². The maximum absolute atomic E-state index is 14.0. The van der Waals surface area contributed by atoms with Crippen LogP contribution in [-0.2, 0) is 6.42 Å². The van der Waals surface area contributed by atoms with Gasteiger partial charge in [-0.25, -0.2) is 4.39 Å². The largest absolute Gasteiger partial charge is 0.206 e. The Labute approximate surface area is 121 Å². The molecule has 0 radical (unpaired) electrons. The lowest BCUT2D eigenvalue weighted by molar-refractivity contribution is 0.365. The summed E-state index contributed by atoms with van der Waals surface area (Å²) in [5, 5.41) is 9.01. The second-order valence-corrected chi connectivity index (χ2v) is 5.77. The third-order valence-corrected chi connectivity index (χ3v) is 4.33. The average molecular weight is 271 g/mol. The van der Waals surface area contributed by atoms with Crippen LogP contribution in [0.1, 0.15) is 62.1 Å².